The van der Waals surface area contributed by atoms with Crippen LogP contribution in [0.2, 0.25) is 0 Å². The second kappa shape index (κ2) is 5.92. The molecule has 0 aromatic heterocycles. The molecule has 2 unspecified atom stereocenters. The van der Waals surface area contributed by atoms with Crippen LogP contribution in [0.5, 0.6) is 0 Å². The molecule has 0 heterocycles. The highest BCUT2D eigenvalue weighted by molar-refractivity contribution is 5.23. The van der Waals surface area contributed by atoms with Crippen LogP contribution < -0.4 is 5.32 Å². The number of halogens is 2. The minimum absolute atomic E-state index is 0.181. The zero-order valence-corrected chi connectivity index (χ0v) is 9.76. The van der Waals surface area contributed by atoms with E-state index < -0.39 is 11.6 Å². The van der Waals surface area contributed by atoms with E-state index in [1.807, 2.05) is 13.8 Å². The van der Waals surface area contributed by atoms with Crippen LogP contribution in [0.1, 0.15) is 25.5 Å². The van der Waals surface area contributed by atoms with Crippen LogP contribution in [0.15, 0.2) is 18.2 Å². The van der Waals surface area contributed by atoms with E-state index in [2.05, 4.69) is 5.32 Å². The van der Waals surface area contributed by atoms with Gasteiger partial charge in [-0.1, -0.05) is 13.0 Å². The van der Waals surface area contributed by atoms with Crippen molar-refractivity contribution in [1.29, 1.82) is 0 Å². The second-order valence-corrected chi connectivity index (χ2v) is 3.64. The Morgan fingerprint density at radius 1 is 1.38 bits per heavy atom. The number of methoxy groups -OCH3 is 1. The fraction of sp³-hybridized carbons (Fsp3) is 0.500. The Bertz CT molecular complexity index is 344. The molecule has 90 valence electrons. The smallest absolute Gasteiger partial charge is 0.130 e. The van der Waals surface area contributed by atoms with Crippen LogP contribution in [0, 0.1) is 11.6 Å². The SMILES string of the molecule is CCNC(c1ccc(F)cc1F)C(C)OC. The van der Waals surface area contributed by atoms with Crippen molar-refractivity contribution in [2.75, 3.05) is 13.7 Å². The predicted octanol–water partition coefficient (Wildman–Crippen LogP) is 2.65. The van der Waals surface area contributed by atoms with Gasteiger partial charge in [-0.25, -0.2) is 8.78 Å². The van der Waals surface area contributed by atoms with E-state index in [4.69, 9.17) is 4.74 Å². The van der Waals surface area contributed by atoms with Crippen LogP contribution in [0.4, 0.5) is 8.78 Å². The summed E-state index contributed by atoms with van der Waals surface area (Å²) in [6, 6.07) is 3.33. The molecule has 16 heavy (non-hydrogen) atoms. The molecule has 1 aromatic carbocycles. The number of nitrogens with one attached hydrogen (secondary N) is 1. The normalized spacial score (nSPS) is 14.8. The summed E-state index contributed by atoms with van der Waals surface area (Å²) in [6.07, 6.45) is -0.181. The molecule has 0 aliphatic heterocycles. The molecule has 0 saturated heterocycles. The Morgan fingerprint density at radius 2 is 2.06 bits per heavy atom. The van der Waals surface area contributed by atoms with Crippen molar-refractivity contribution in [2.24, 2.45) is 0 Å². The molecule has 0 aliphatic carbocycles. The van der Waals surface area contributed by atoms with Gasteiger partial charge in [-0.15, -0.1) is 0 Å². The average Bonchev–Trinajstić information content (AvgIpc) is 2.26. The quantitative estimate of drug-likeness (QED) is 0.838. The molecule has 1 N–H and O–H groups in total. The van der Waals surface area contributed by atoms with E-state index in [-0.39, 0.29) is 12.1 Å². The summed E-state index contributed by atoms with van der Waals surface area (Å²) in [4.78, 5) is 0. The maximum absolute atomic E-state index is 13.6. The van der Waals surface area contributed by atoms with Gasteiger partial charge in [-0.2, -0.15) is 0 Å². The number of ether oxygens (including phenoxy) is 1. The number of rotatable bonds is 5. The van der Waals surface area contributed by atoms with E-state index in [1.54, 1.807) is 7.11 Å². The highest BCUT2D eigenvalue weighted by Crippen LogP contribution is 2.22. The summed E-state index contributed by atoms with van der Waals surface area (Å²) in [5.41, 5.74) is 0.428. The van der Waals surface area contributed by atoms with Gasteiger partial charge in [0.15, 0.2) is 0 Å². The molecule has 1 rings (SSSR count). The topological polar surface area (TPSA) is 21.3 Å². The van der Waals surface area contributed by atoms with Gasteiger partial charge in [0.25, 0.3) is 0 Å². The monoisotopic (exact) mass is 229 g/mol. The molecule has 2 atom stereocenters. The van der Waals surface area contributed by atoms with Gasteiger partial charge in [-0.05, 0) is 19.5 Å². The van der Waals surface area contributed by atoms with Gasteiger partial charge in [0, 0.05) is 18.7 Å². The molecule has 1 aromatic rings. The summed E-state index contributed by atoms with van der Waals surface area (Å²) in [5.74, 6) is -1.11. The van der Waals surface area contributed by atoms with E-state index in [0.29, 0.717) is 12.1 Å². The van der Waals surface area contributed by atoms with Crippen LogP contribution >= 0.6 is 0 Å². The third kappa shape index (κ3) is 3.00. The van der Waals surface area contributed by atoms with Gasteiger partial charge >= 0.3 is 0 Å². The van der Waals surface area contributed by atoms with E-state index >= 15 is 0 Å². The van der Waals surface area contributed by atoms with Gasteiger partial charge in [0.1, 0.15) is 11.6 Å². The van der Waals surface area contributed by atoms with Crippen molar-refractivity contribution in [2.45, 2.75) is 26.0 Å². The molecule has 0 bridgehead atoms. The Morgan fingerprint density at radius 3 is 2.56 bits per heavy atom. The standard InChI is InChI=1S/C12H17F2NO/c1-4-15-12(8(2)16-3)10-6-5-9(13)7-11(10)14/h5-8,12,15H,4H2,1-3H3. The molecular formula is C12H17F2NO. The summed E-state index contributed by atoms with van der Waals surface area (Å²) < 4.78 is 31.6. The first-order valence-electron chi connectivity index (χ1n) is 5.31. The maximum atomic E-state index is 13.6. The van der Waals surface area contributed by atoms with Gasteiger partial charge in [-0.3, -0.25) is 0 Å². The van der Waals surface area contributed by atoms with Crippen molar-refractivity contribution in [3.63, 3.8) is 0 Å². The number of hydrogen-bond acceptors (Lipinski definition) is 2. The Balaban J connectivity index is 3.00. The molecular weight excluding hydrogens is 212 g/mol. The summed E-state index contributed by atoms with van der Waals surface area (Å²) in [6.45, 7) is 4.46. The van der Waals surface area contributed by atoms with Crippen LogP contribution in [-0.4, -0.2) is 19.8 Å². The Labute approximate surface area is 94.6 Å². The minimum atomic E-state index is -0.568. The first-order valence-corrected chi connectivity index (χ1v) is 5.31. The molecule has 0 radical (unpaired) electrons. The van der Waals surface area contributed by atoms with E-state index in [0.717, 1.165) is 6.07 Å². The van der Waals surface area contributed by atoms with E-state index in [9.17, 15) is 8.78 Å². The molecule has 4 heteroatoms. The largest absolute Gasteiger partial charge is 0.380 e. The minimum Gasteiger partial charge on any atom is -0.380 e. The average molecular weight is 229 g/mol. The third-order valence-corrected chi connectivity index (χ3v) is 2.56. The molecule has 0 amide bonds. The van der Waals surface area contributed by atoms with Crippen LogP contribution in [0.3, 0.4) is 0 Å². The Hall–Kier alpha value is -1.00. The fourth-order valence-corrected chi connectivity index (χ4v) is 1.64. The molecule has 0 spiro atoms. The lowest BCUT2D eigenvalue weighted by Crippen LogP contribution is -2.32. The highest BCUT2D eigenvalue weighted by atomic mass is 19.1. The first kappa shape index (κ1) is 13.1. The lowest BCUT2D eigenvalue weighted by molar-refractivity contribution is 0.0823. The third-order valence-electron chi connectivity index (χ3n) is 2.56. The highest BCUT2D eigenvalue weighted by Gasteiger charge is 2.21. The van der Waals surface area contributed by atoms with Gasteiger partial charge in [0.2, 0.25) is 0 Å². The first-order chi connectivity index (χ1) is 7.60. The molecule has 2 nitrogen and oxygen atoms in total. The van der Waals surface area contributed by atoms with Gasteiger partial charge < -0.3 is 10.1 Å². The van der Waals surface area contributed by atoms with Gasteiger partial charge in [0.05, 0.1) is 12.1 Å². The van der Waals surface area contributed by atoms with Crippen molar-refractivity contribution >= 4 is 0 Å². The predicted molar refractivity (Wildman–Crippen MR) is 59.2 cm³/mol. The van der Waals surface area contributed by atoms with Crippen molar-refractivity contribution in [3.05, 3.63) is 35.4 Å². The number of likely N-dealkylation sites (N-methyl/N-ethyl adjacent to an activating group) is 1. The fourth-order valence-electron chi connectivity index (χ4n) is 1.64. The number of benzene rings is 1. The zero-order chi connectivity index (χ0) is 12.1. The summed E-state index contributed by atoms with van der Waals surface area (Å²) in [7, 11) is 1.57. The lowest BCUT2D eigenvalue weighted by Gasteiger charge is -2.24. The lowest BCUT2D eigenvalue weighted by atomic mass is 10.0. The van der Waals surface area contributed by atoms with Crippen LogP contribution in [0.25, 0.3) is 0 Å². The van der Waals surface area contributed by atoms with Crippen LogP contribution in [-0.2, 0) is 4.74 Å². The second-order valence-electron chi connectivity index (χ2n) is 3.64. The Kier molecular flexibility index (Phi) is 4.83. The summed E-state index contributed by atoms with van der Waals surface area (Å²) >= 11 is 0. The molecule has 0 aliphatic rings. The zero-order valence-electron chi connectivity index (χ0n) is 9.76. The molecule has 0 saturated carbocycles. The summed E-state index contributed by atoms with van der Waals surface area (Å²) in [5, 5.41) is 3.12. The number of hydrogen-bond donors (Lipinski definition) is 1. The van der Waals surface area contributed by atoms with Crippen molar-refractivity contribution in [1.82, 2.24) is 5.32 Å². The maximum Gasteiger partial charge on any atom is 0.130 e. The molecule has 0 fully saturated rings. The van der Waals surface area contributed by atoms with E-state index in [1.165, 1.54) is 12.1 Å². The van der Waals surface area contributed by atoms with Crippen molar-refractivity contribution < 1.29 is 13.5 Å². The van der Waals surface area contributed by atoms with Crippen molar-refractivity contribution in [3.8, 4) is 0 Å².